The zero-order valence-electron chi connectivity index (χ0n) is 15.8. The fraction of sp³-hybridized carbons (Fsp3) is 0.429. The minimum Gasteiger partial charge on any atom is -0.372 e. The molecule has 1 unspecified atom stereocenters. The fourth-order valence-electron chi connectivity index (χ4n) is 3.29. The number of hydrogen-bond acceptors (Lipinski definition) is 3. The van der Waals surface area contributed by atoms with E-state index in [9.17, 15) is 0 Å². The highest BCUT2D eigenvalue weighted by Gasteiger charge is 2.16. The summed E-state index contributed by atoms with van der Waals surface area (Å²) in [6.45, 7) is 8.75. The van der Waals surface area contributed by atoms with Crippen LogP contribution in [0, 0.1) is 12.8 Å². The highest BCUT2D eigenvalue weighted by molar-refractivity contribution is 7.80. The Morgan fingerprint density at radius 3 is 2.50 bits per heavy atom. The molecule has 1 fully saturated rings. The molecule has 0 amide bonds. The topological polar surface area (TPSA) is 40.2 Å². The molecular weight excluding hydrogens is 340 g/mol. The summed E-state index contributed by atoms with van der Waals surface area (Å²) in [6, 6.07) is 14.8. The number of pyridine rings is 1. The number of rotatable bonds is 4. The summed E-state index contributed by atoms with van der Waals surface area (Å²) in [4.78, 5) is 6.90. The molecule has 4 nitrogen and oxygen atoms in total. The molecular formula is C21H28N4S. The second-order valence-corrected chi connectivity index (χ2v) is 7.65. The second kappa shape index (κ2) is 8.49. The monoisotopic (exact) mass is 368 g/mol. The van der Waals surface area contributed by atoms with Crippen molar-refractivity contribution in [2.24, 2.45) is 5.92 Å². The van der Waals surface area contributed by atoms with Gasteiger partial charge in [0.1, 0.15) is 5.82 Å². The molecule has 5 heteroatoms. The van der Waals surface area contributed by atoms with Crippen molar-refractivity contribution in [3.8, 4) is 0 Å². The quantitative estimate of drug-likeness (QED) is 0.767. The molecule has 2 N–H and O–H groups in total. The Kier molecular flexibility index (Phi) is 6.09. The van der Waals surface area contributed by atoms with E-state index in [0.29, 0.717) is 5.11 Å². The zero-order chi connectivity index (χ0) is 18.5. The van der Waals surface area contributed by atoms with Crippen molar-refractivity contribution < 1.29 is 0 Å². The summed E-state index contributed by atoms with van der Waals surface area (Å²) in [6.07, 6.45) is 2.57. The summed E-state index contributed by atoms with van der Waals surface area (Å²) in [5.41, 5.74) is 3.51. The first-order chi connectivity index (χ1) is 12.5. The third-order valence-corrected chi connectivity index (χ3v) is 5.24. The van der Waals surface area contributed by atoms with E-state index in [2.05, 4.69) is 58.6 Å². The molecule has 138 valence electrons. The maximum atomic E-state index is 5.42. The number of piperidine rings is 1. The minimum atomic E-state index is 0.134. The molecule has 2 heterocycles. The van der Waals surface area contributed by atoms with E-state index in [-0.39, 0.29) is 6.04 Å². The fourth-order valence-corrected chi connectivity index (χ4v) is 3.57. The van der Waals surface area contributed by atoms with Crippen molar-refractivity contribution in [1.29, 1.82) is 0 Å². The van der Waals surface area contributed by atoms with E-state index >= 15 is 0 Å². The maximum Gasteiger partial charge on any atom is 0.172 e. The van der Waals surface area contributed by atoms with Crippen molar-refractivity contribution in [1.82, 2.24) is 10.3 Å². The van der Waals surface area contributed by atoms with Crippen LogP contribution >= 0.6 is 12.2 Å². The second-order valence-electron chi connectivity index (χ2n) is 7.25. The number of thiocarbonyl (C=S) groups is 1. The van der Waals surface area contributed by atoms with Gasteiger partial charge in [0.05, 0.1) is 6.04 Å². The molecule has 0 saturated carbocycles. The highest BCUT2D eigenvalue weighted by Crippen LogP contribution is 2.24. The van der Waals surface area contributed by atoms with E-state index in [1.165, 1.54) is 24.1 Å². The Labute approximate surface area is 162 Å². The standard InChI is InChI=1S/C21H28N4S/c1-15-11-13-25(14-12-15)19-9-7-18(8-10-19)17(3)23-21(26)24-20-6-4-5-16(2)22-20/h4-10,15,17H,11-14H2,1-3H3,(H2,22,23,24,26). The van der Waals surface area contributed by atoms with Crippen molar-refractivity contribution in [2.75, 3.05) is 23.3 Å². The van der Waals surface area contributed by atoms with Crippen LogP contribution < -0.4 is 15.5 Å². The smallest absolute Gasteiger partial charge is 0.172 e. The predicted octanol–water partition coefficient (Wildman–Crippen LogP) is 4.67. The van der Waals surface area contributed by atoms with Crippen LogP contribution in [-0.4, -0.2) is 23.2 Å². The molecule has 0 aliphatic carbocycles. The van der Waals surface area contributed by atoms with Crippen LogP contribution in [0.4, 0.5) is 11.5 Å². The minimum absolute atomic E-state index is 0.134. The third kappa shape index (κ3) is 4.94. The summed E-state index contributed by atoms with van der Waals surface area (Å²) in [5, 5.41) is 7.07. The number of benzene rings is 1. The average molecular weight is 369 g/mol. The van der Waals surface area contributed by atoms with Gasteiger partial charge in [0.2, 0.25) is 0 Å². The molecule has 1 aromatic carbocycles. The predicted molar refractivity (Wildman–Crippen MR) is 114 cm³/mol. The number of hydrogen-bond donors (Lipinski definition) is 2. The summed E-state index contributed by atoms with van der Waals surface area (Å²) >= 11 is 5.42. The number of nitrogens with zero attached hydrogens (tertiary/aromatic N) is 2. The lowest BCUT2D eigenvalue weighted by molar-refractivity contribution is 0.438. The molecule has 0 bridgehead atoms. The lowest BCUT2D eigenvalue weighted by atomic mass is 9.98. The van der Waals surface area contributed by atoms with Gasteiger partial charge in [-0.2, -0.15) is 0 Å². The highest BCUT2D eigenvalue weighted by atomic mass is 32.1. The van der Waals surface area contributed by atoms with Gasteiger partial charge in [-0.25, -0.2) is 4.98 Å². The van der Waals surface area contributed by atoms with Gasteiger partial charge < -0.3 is 15.5 Å². The Bertz CT molecular complexity index is 736. The zero-order valence-corrected chi connectivity index (χ0v) is 16.6. The number of anilines is 2. The molecule has 1 atom stereocenters. The summed E-state index contributed by atoms with van der Waals surface area (Å²) in [7, 11) is 0. The van der Waals surface area contributed by atoms with Gasteiger partial charge in [-0.3, -0.25) is 0 Å². The van der Waals surface area contributed by atoms with Crippen molar-refractivity contribution in [3.63, 3.8) is 0 Å². The van der Waals surface area contributed by atoms with Crippen LogP contribution in [0.1, 0.15) is 44.0 Å². The van der Waals surface area contributed by atoms with Crippen molar-refractivity contribution in [2.45, 2.75) is 39.7 Å². The Morgan fingerprint density at radius 2 is 1.85 bits per heavy atom. The first-order valence-electron chi connectivity index (χ1n) is 9.37. The van der Waals surface area contributed by atoms with Gasteiger partial charge in [0, 0.05) is 24.5 Å². The first kappa shape index (κ1) is 18.6. The van der Waals surface area contributed by atoms with Crippen LogP contribution in [0.5, 0.6) is 0 Å². The number of aromatic nitrogens is 1. The molecule has 3 rings (SSSR count). The molecule has 2 aromatic rings. The van der Waals surface area contributed by atoms with E-state index in [1.807, 2.05) is 25.1 Å². The molecule has 1 aliphatic rings. The van der Waals surface area contributed by atoms with Crippen LogP contribution in [0.3, 0.4) is 0 Å². The largest absolute Gasteiger partial charge is 0.372 e. The van der Waals surface area contributed by atoms with Crippen LogP contribution in [0.25, 0.3) is 0 Å². The normalized spacial score (nSPS) is 16.2. The van der Waals surface area contributed by atoms with Gasteiger partial charge in [0.25, 0.3) is 0 Å². The first-order valence-corrected chi connectivity index (χ1v) is 9.78. The number of aryl methyl sites for hydroxylation is 1. The number of nitrogens with one attached hydrogen (secondary N) is 2. The molecule has 26 heavy (non-hydrogen) atoms. The third-order valence-electron chi connectivity index (χ3n) is 5.02. The van der Waals surface area contributed by atoms with Gasteiger partial charge in [-0.15, -0.1) is 0 Å². The summed E-state index contributed by atoms with van der Waals surface area (Å²) < 4.78 is 0. The Morgan fingerprint density at radius 1 is 1.15 bits per heavy atom. The van der Waals surface area contributed by atoms with Gasteiger partial charge in [-0.1, -0.05) is 25.1 Å². The molecule has 0 radical (unpaired) electrons. The molecule has 0 spiro atoms. The maximum absolute atomic E-state index is 5.42. The average Bonchev–Trinajstić information content (AvgIpc) is 2.62. The van der Waals surface area contributed by atoms with Gasteiger partial charge in [-0.05, 0) is 74.7 Å². The Hall–Kier alpha value is -2.14. The van der Waals surface area contributed by atoms with E-state index in [4.69, 9.17) is 12.2 Å². The lowest BCUT2D eigenvalue weighted by Gasteiger charge is -2.32. The van der Waals surface area contributed by atoms with Crippen LogP contribution in [-0.2, 0) is 0 Å². The van der Waals surface area contributed by atoms with Crippen molar-refractivity contribution in [3.05, 3.63) is 53.7 Å². The summed E-state index contributed by atoms with van der Waals surface area (Å²) in [5.74, 6) is 1.62. The SMILES string of the molecule is Cc1cccc(NC(=S)NC(C)c2ccc(N3CCC(C)CC3)cc2)n1. The van der Waals surface area contributed by atoms with E-state index < -0.39 is 0 Å². The van der Waals surface area contributed by atoms with E-state index in [0.717, 1.165) is 30.5 Å². The Balaban J connectivity index is 1.56. The lowest BCUT2D eigenvalue weighted by Crippen LogP contribution is -2.33. The van der Waals surface area contributed by atoms with Gasteiger partial charge >= 0.3 is 0 Å². The molecule has 1 aromatic heterocycles. The van der Waals surface area contributed by atoms with Gasteiger partial charge in [0.15, 0.2) is 5.11 Å². The van der Waals surface area contributed by atoms with Crippen LogP contribution in [0.2, 0.25) is 0 Å². The van der Waals surface area contributed by atoms with Crippen LogP contribution in [0.15, 0.2) is 42.5 Å². The van der Waals surface area contributed by atoms with Crippen molar-refractivity contribution >= 4 is 28.8 Å². The van der Waals surface area contributed by atoms with E-state index in [1.54, 1.807) is 0 Å². The molecule has 1 saturated heterocycles. The molecule has 1 aliphatic heterocycles.